The molecule has 21 heavy (non-hydrogen) atoms. The highest BCUT2D eigenvalue weighted by Crippen LogP contribution is 2.28. The number of nitrogens with one attached hydrogen (secondary N) is 2. The zero-order valence-electron chi connectivity index (χ0n) is 11.3. The van der Waals surface area contributed by atoms with E-state index in [2.05, 4.69) is 26.0 Å². The van der Waals surface area contributed by atoms with E-state index in [4.69, 9.17) is 0 Å². The number of anilines is 2. The van der Waals surface area contributed by atoms with Gasteiger partial charge >= 0.3 is 0 Å². The molecule has 0 bridgehead atoms. The number of sulfonamides is 1. The van der Waals surface area contributed by atoms with Gasteiger partial charge in [0.2, 0.25) is 10.0 Å². The van der Waals surface area contributed by atoms with Gasteiger partial charge in [0.15, 0.2) is 0 Å². The molecule has 0 aliphatic heterocycles. The van der Waals surface area contributed by atoms with Crippen molar-refractivity contribution in [3.8, 4) is 5.75 Å². The molecule has 0 aliphatic carbocycles. The summed E-state index contributed by atoms with van der Waals surface area (Å²) < 4.78 is 25.3. The van der Waals surface area contributed by atoms with Gasteiger partial charge in [0.25, 0.3) is 0 Å². The molecule has 0 aromatic heterocycles. The highest BCUT2D eigenvalue weighted by molar-refractivity contribution is 9.10. The summed E-state index contributed by atoms with van der Waals surface area (Å²) in [5, 5.41) is 13.0. The van der Waals surface area contributed by atoms with E-state index in [-0.39, 0.29) is 5.75 Å². The van der Waals surface area contributed by atoms with Crippen LogP contribution in [-0.4, -0.2) is 19.8 Å². The zero-order chi connectivity index (χ0) is 15.5. The second-order valence-electron chi connectivity index (χ2n) is 4.55. The van der Waals surface area contributed by atoms with Crippen molar-refractivity contribution in [2.24, 2.45) is 0 Å². The first-order valence-corrected chi connectivity index (χ1v) is 8.82. The smallest absolute Gasteiger partial charge is 0.229 e. The van der Waals surface area contributed by atoms with Crippen LogP contribution >= 0.6 is 15.9 Å². The van der Waals surface area contributed by atoms with Gasteiger partial charge in [-0.1, -0.05) is 12.1 Å². The maximum Gasteiger partial charge on any atom is 0.229 e. The molecule has 0 fully saturated rings. The largest absolute Gasteiger partial charge is 0.506 e. The Bertz CT molecular complexity index is 730. The van der Waals surface area contributed by atoms with Gasteiger partial charge in [-0.2, -0.15) is 0 Å². The quantitative estimate of drug-likeness (QED) is 0.755. The number of para-hydroxylation sites is 1. The van der Waals surface area contributed by atoms with Gasteiger partial charge in [0.05, 0.1) is 10.7 Å². The number of hydrogen-bond acceptors (Lipinski definition) is 4. The fourth-order valence-electron chi connectivity index (χ4n) is 1.77. The fraction of sp³-hybridized carbons (Fsp3) is 0.143. The Kier molecular flexibility index (Phi) is 4.74. The van der Waals surface area contributed by atoms with Crippen molar-refractivity contribution in [1.82, 2.24) is 0 Å². The third-order valence-corrected chi connectivity index (χ3v) is 3.99. The summed E-state index contributed by atoms with van der Waals surface area (Å²) in [5.41, 5.74) is 2.10. The Hall–Kier alpha value is -1.73. The minimum atomic E-state index is -3.26. The van der Waals surface area contributed by atoms with Crippen molar-refractivity contribution in [1.29, 1.82) is 0 Å². The van der Waals surface area contributed by atoms with Crippen molar-refractivity contribution >= 4 is 37.3 Å². The lowest BCUT2D eigenvalue weighted by Gasteiger charge is -2.10. The highest BCUT2D eigenvalue weighted by Gasteiger charge is 2.05. The molecule has 112 valence electrons. The van der Waals surface area contributed by atoms with E-state index in [1.165, 1.54) is 0 Å². The molecule has 0 aliphatic rings. The van der Waals surface area contributed by atoms with Crippen molar-refractivity contribution in [2.45, 2.75) is 6.54 Å². The Morgan fingerprint density at radius 2 is 1.71 bits per heavy atom. The van der Waals surface area contributed by atoms with E-state index in [1.807, 2.05) is 12.1 Å². The number of phenolic OH excluding ortho intramolecular Hbond substituents is 1. The first-order chi connectivity index (χ1) is 9.85. The van der Waals surface area contributed by atoms with Gasteiger partial charge in [-0.3, -0.25) is 4.72 Å². The summed E-state index contributed by atoms with van der Waals surface area (Å²) in [5.74, 6) is 0.209. The lowest BCUT2D eigenvalue weighted by atomic mass is 10.2. The first-order valence-electron chi connectivity index (χ1n) is 6.13. The predicted molar refractivity (Wildman–Crippen MR) is 88.0 cm³/mol. The molecule has 0 saturated heterocycles. The molecule has 3 N–H and O–H groups in total. The predicted octanol–water partition coefficient (Wildman–Crippen LogP) is 3.14. The number of rotatable bonds is 5. The molecule has 5 nitrogen and oxygen atoms in total. The average molecular weight is 371 g/mol. The van der Waals surface area contributed by atoms with E-state index in [1.54, 1.807) is 30.3 Å². The molecule has 2 rings (SSSR count). The van der Waals surface area contributed by atoms with E-state index in [9.17, 15) is 13.5 Å². The third kappa shape index (κ3) is 4.64. The molecular formula is C14H15BrN2O3S. The minimum absolute atomic E-state index is 0.209. The summed E-state index contributed by atoms with van der Waals surface area (Å²) in [7, 11) is -3.26. The Morgan fingerprint density at radius 1 is 1.10 bits per heavy atom. The molecule has 0 heterocycles. The number of benzene rings is 2. The summed E-state index contributed by atoms with van der Waals surface area (Å²) in [6.07, 6.45) is 1.11. The van der Waals surface area contributed by atoms with Crippen LogP contribution in [-0.2, 0) is 16.6 Å². The number of aromatic hydroxyl groups is 1. The van der Waals surface area contributed by atoms with Crippen LogP contribution in [0.15, 0.2) is 46.9 Å². The van der Waals surface area contributed by atoms with Gasteiger partial charge in [0.1, 0.15) is 5.75 Å². The summed E-state index contributed by atoms with van der Waals surface area (Å²) >= 11 is 3.27. The minimum Gasteiger partial charge on any atom is -0.506 e. The molecule has 0 amide bonds. The maximum absolute atomic E-state index is 11.1. The van der Waals surface area contributed by atoms with E-state index < -0.39 is 10.0 Å². The summed E-state index contributed by atoms with van der Waals surface area (Å²) in [4.78, 5) is 0. The summed E-state index contributed by atoms with van der Waals surface area (Å²) in [6.45, 7) is 0.462. The Balaban J connectivity index is 2.02. The topological polar surface area (TPSA) is 78.4 Å². The van der Waals surface area contributed by atoms with Crippen LogP contribution in [0.1, 0.15) is 5.56 Å². The summed E-state index contributed by atoms with van der Waals surface area (Å²) in [6, 6.07) is 12.3. The van der Waals surface area contributed by atoms with E-state index in [0.29, 0.717) is 16.7 Å². The van der Waals surface area contributed by atoms with E-state index in [0.717, 1.165) is 17.5 Å². The molecule has 0 saturated carbocycles. The van der Waals surface area contributed by atoms with Crippen molar-refractivity contribution in [3.63, 3.8) is 0 Å². The van der Waals surface area contributed by atoms with Gasteiger partial charge in [-0.15, -0.1) is 0 Å². The van der Waals surface area contributed by atoms with Gasteiger partial charge in [-0.05, 0) is 46.3 Å². The molecule has 0 spiro atoms. The van der Waals surface area contributed by atoms with Crippen molar-refractivity contribution in [2.75, 3.05) is 16.3 Å². The Morgan fingerprint density at radius 3 is 2.33 bits per heavy atom. The second-order valence-corrected chi connectivity index (χ2v) is 7.16. The molecule has 0 unspecified atom stereocenters. The number of halogens is 1. The SMILES string of the molecule is CS(=O)(=O)Nc1ccc(NCc2cccc(Br)c2O)cc1. The van der Waals surface area contributed by atoms with Gasteiger partial charge in [-0.25, -0.2) is 8.42 Å². The molecular weight excluding hydrogens is 356 g/mol. The van der Waals surface area contributed by atoms with Crippen molar-refractivity contribution in [3.05, 3.63) is 52.5 Å². The third-order valence-electron chi connectivity index (χ3n) is 2.74. The lowest BCUT2D eigenvalue weighted by Crippen LogP contribution is -2.09. The molecule has 2 aromatic carbocycles. The average Bonchev–Trinajstić information content (AvgIpc) is 2.40. The van der Waals surface area contributed by atoms with Crippen LogP contribution in [0.25, 0.3) is 0 Å². The van der Waals surface area contributed by atoms with Gasteiger partial charge < -0.3 is 10.4 Å². The normalized spacial score (nSPS) is 11.1. The maximum atomic E-state index is 11.1. The van der Waals surface area contributed by atoms with Crippen molar-refractivity contribution < 1.29 is 13.5 Å². The highest BCUT2D eigenvalue weighted by atomic mass is 79.9. The zero-order valence-corrected chi connectivity index (χ0v) is 13.7. The van der Waals surface area contributed by atoms with Crippen LogP contribution in [0.4, 0.5) is 11.4 Å². The number of hydrogen-bond donors (Lipinski definition) is 3. The standard InChI is InChI=1S/C14H15BrN2O3S/c1-21(19,20)17-12-7-5-11(6-8-12)16-9-10-3-2-4-13(15)14(10)18/h2-8,16-18H,9H2,1H3. The van der Waals surface area contributed by atoms with Gasteiger partial charge in [0, 0.05) is 23.5 Å². The van der Waals surface area contributed by atoms with Crippen LogP contribution in [0.5, 0.6) is 5.75 Å². The fourth-order valence-corrected chi connectivity index (χ4v) is 2.74. The van der Waals surface area contributed by atoms with Crippen LogP contribution < -0.4 is 10.0 Å². The first kappa shape index (κ1) is 15.7. The lowest BCUT2D eigenvalue weighted by molar-refractivity contribution is 0.465. The second kappa shape index (κ2) is 6.36. The molecule has 0 atom stereocenters. The Labute approximate surface area is 132 Å². The van der Waals surface area contributed by atoms with Crippen LogP contribution in [0, 0.1) is 0 Å². The van der Waals surface area contributed by atoms with E-state index >= 15 is 0 Å². The molecule has 0 radical (unpaired) electrons. The van der Waals surface area contributed by atoms with Crippen LogP contribution in [0.3, 0.4) is 0 Å². The van der Waals surface area contributed by atoms with Crippen LogP contribution in [0.2, 0.25) is 0 Å². The number of phenols is 1. The molecule has 7 heteroatoms. The molecule has 2 aromatic rings. The monoisotopic (exact) mass is 370 g/mol.